The lowest BCUT2D eigenvalue weighted by molar-refractivity contribution is -0.141. The van der Waals surface area contributed by atoms with Crippen LogP contribution in [0.5, 0.6) is 11.5 Å². The summed E-state index contributed by atoms with van der Waals surface area (Å²) in [5.41, 5.74) is 5.31. The standard InChI is InChI=1S/C38H44N6O4/c1-4-5-6-7-8-26-47-36-20-15-33(16-21-36)40-39-31-11-13-32(14-12-31)42-44-38-24-19-35(28-29(38)2)43-41-34-17-22-37(23-18-34)48-27-10-9-25-46-30(3)45/h11-24,28H,4-10,25-27H2,1-3H3. The topological polar surface area (TPSA) is 119 Å². The Hall–Kier alpha value is -5.25. The second-order valence-electron chi connectivity index (χ2n) is 11.2. The molecule has 0 saturated heterocycles. The van der Waals surface area contributed by atoms with Crippen LogP contribution in [0.25, 0.3) is 0 Å². The van der Waals surface area contributed by atoms with Crippen LogP contribution in [-0.4, -0.2) is 25.8 Å². The van der Waals surface area contributed by atoms with E-state index in [0.717, 1.165) is 60.0 Å². The Balaban J connectivity index is 1.21. The third-order valence-electron chi connectivity index (χ3n) is 7.17. The maximum atomic E-state index is 10.8. The third kappa shape index (κ3) is 13.2. The third-order valence-corrected chi connectivity index (χ3v) is 7.17. The van der Waals surface area contributed by atoms with Gasteiger partial charge in [0.15, 0.2) is 0 Å². The van der Waals surface area contributed by atoms with Gasteiger partial charge in [-0.25, -0.2) is 0 Å². The van der Waals surface area contributed by atoms with Crippen LogP contribution in [0.1, 0.15) is 64.4 Å². The van der Waals surface area contributed by atoms with Crippen molar-refractivity contribution in [2.24, 2.45) is 30.7 Å². The number of carbonyl (C=O) groups excluding carboxylic acids is 1. The predicted molar refractivity (Wildman–Crippen MR) is 189 cm³/mol. The Labute approximate surface area is 283 Å². The molecule has 0 saturated carbocycles. The molecule has 4 aromatic carbocycles. The molecule has 48 heavy (non-hydrogen) atoms. The molecule has 0 aliphatic carbocycles. The normalized spacial score (nSPS) is 11.5. The van der Waals surface area contributed by atoms with Gasteiger partial charge in [-0.1, -0.05) is 32.6 Å². The van der Waals surface area contributed by atoms with Gasteiger partial charge < -0.3 is 14.2 Å². The Morgan fingerprint density at radius 1 is 0.521 bits per heavy atom. The van der Waals surface area contributed by atoms with E-state index in [4.69, 9.17) is 14.2 Å². The molecule has 0 aliphatic heterocycles. The molecule has 250 valence electrons. The lowest BCUT2D eigenvalue weighted by Crippen LogP contribution is -2.03. The molecule has 10 nitrogen and oxygen atoms in total. The Morgan fingerprint density at radius 2 is 0.938 bits per heavy atom. The van der Waals surface area contributed by atoms with Crippen molar-refractivity contribution in [1.29, 1.82) is 0 Å². The summed E-state index contributed by atoms with van der Waals surface area (Å²) < 4.78 is 16.5. The number of unbranched alkanes of at least 4 members (excludes halogenated alkanes) is 5. The number of esters is 1. The predicted octanol–water partition coefficient (Wildman–Crippen LogP) is 12.3. The molecular weight excluding hydrogens is 604 g/mol. The quantitative estimate of drug-likeness (QED) is 0.0570. The minimum absolute atomic E-state index is 0.261. The van der Waals surface area contributed by atoms with Crippen LogP contribution in [0.3, 0.4) is 0 Å². The second-order valence-corrected chi connectivity index (χ2v) is 11.2. The highest BCUT2D eigenvalue weighted by Crippen LogP contribution is 2.29. The fraction of sp³-hybridized carbons (Fsp3) is 0.342. The van der Waals surface area contributed by atoms with Crippen LogP contribution in [0.15, 0.2) is 122 Å². The van der Waals surface area contributed by atoms with E-state index < -0.39 is 0 Å². The monoisotopic (exact) mass is 648 g/mol. The number of nitrogens with zero attached hydrogens (tertiary/aromatic N) is 6. The van der Waals surface area contributed by atoms with E-state index in [9.17, 15) is 4.79 Å². The van der Waals surface area contributed by atoms with Crippen LogP contribution in [0.2, 0.25) is 0 Å². The van der Waals surface area contributed by atoms with Crippen molar-refractivity contribution in [3.05, 3.63) is 96.6 Å². The molecule has 4 rings (SSSR count). The lowest BCUT2D eigenvalue weighted by atomic mass is 10.2. The average Bonchev–Trinajstić information content (AvgIpc) is 3.10. The van der Waals surface area contributed by atoms with E-state index in [2.05, 4.69) is 37.6 Å². The van der Waals surface area contributed by atoms with Crippen molar-refractivity contribution < 1.29 is 19.0 Å². The number of rotatable bonds is 19. The van der Waals surface area contributed by atoms with Crippen LogP contribution in [-0.2, 0) is 9.53 Å². The number of hydrogen-bond donors (Lipinski definition) is 0. The number of benzene rings is 4. The summed E-state index contributed by atoms with van der Waals surface area (Å²) in [5.74, 6) is 1.34. The summed E-state index contributed by atoms with van der Waals surface area (Å²) in [6.45, 7) is 7.29. The number of azo groups is 3. The van der Waals surface area contributed by atoms with Crippen molar-refractivity contribution in [3.63, 3.8) is 0 Å². The van der Waals surface area contributed by atoms with E-state index in [1.54, 1.807) is 0 Å². The van der Waals surface area contributed by atoms with Crippen molar-refractivity contribution in [3.8, 4) is 11.5 Å². The van der Waals surface area contributed by atoms with Gasteiger partial charge >= 0.3 is 5.97 Å². The van der Waals surface area contributed by atoms with Crippen molar-refractivity contribution in [2.45, 2.75) is 65.7 Å². The first-order valence-corrected chi connectivity index (χ1v) is 16.5. The van der Waals surface area contributed by atoms with E-state index in [0.29, 0.717) is 30.3 Å². The van der Waals surface area contributed by atoms with Gasteiger partial charge in [-0.05, 0) is 123 Å². The van der Waals surface area contributed by atoms with E-state index >= 15 is 0 Å². The molecule has 4 aromatic rings. The zero-order chi connectivity index (χ0) is 33.8. The summed E-state index contributed by atoms with van der Waals surface area (Å²) in [6.07, 6.45) is 7.66. The van der Waals surface area contributed by atoms with Crippen LogP contribution in [0, 0.1) is 6.92 Å². The smallest absolute Gasteiger partial charge is 0.302 e. The first kappa shape index (κ1) is 35.6. The van der Waals surface area contributed by atoms with Gasteiger partial charge in [0, 0.05) is 6.92 Å². The summed E-state index contributed by atoms with van der Waals surface area (Å²) in [4.78, 5) is 10.8. The van der Waals surface area contributed by atoms with E-state index in [1.165, 1.54) is 32.6 Å². The molecule has 0 radical (unpaired) electrons. The molecule has 0 atom stereocenters. The Bertz CT molecular complexity index is 1640. The molecule has 10 heteroatoms. The first-order valence-electron chi connectivity index (χ1n) is 16.5. The summed E-state index contributed by atoms with van der Waals surface area (Å²) >= 11 is 0. The lowest BCUT2D eigenvalue weighted by Gasteiger charge is -2.06. The molecule has 0 aliphatic rings. The molecule has 0 amide bonds. The second kappa shape index (κ2) is 20.1. The van der Waals surface area contributed by atoms with Gasteiger partial charge in [0.2, 0.25) is 0 Å². The summed E-state index contributed by atoms with van der Waals surface area (Å²) in [5, 5.41) is 26.2. The highest BCUT2D eigenvalue weighted by atomic mass is 16.5. The minimum atomic E-state index is -0.261. The van der Waals surface area contributed by atoms with Crippen LogP contribution >= 0.6 is 0 Å². The van der Waals surface area contributed by atoms with Crippen molar-refractivity contribution in [2.75, 3.05) is 19.8 Å². The van der Waals surface area contributed by atoms with Gasteiger partial charge in [-0.3, -0.25) is 4.79 Å². The summed E-state index contributed by atoms with van der Waals surface area (Å²) in [6, 6.07) is 28.2. The first-order chi connectivity index (χ1) is 23.5. The van der Waals surface area contributed by atoms with Crippen LogP contribution < -0.4 is 9.47 Å². The maximum Gasteiger partial charge on any atom is 0.302 e. The SMILES string of the molecule is CCCCCCCOc1ccc(N=Nc2ccc(N=Nc3ccc(N=Nc4ccc(OCCCCOC(C)=O)cc4)cc3C)cc2)cc1. The Kier molecular flexibility index (Phi) is 14.9. The maximum absolute atomic E-state index is 10.8. The van der Waals surface area contributed by atoms with E-state index in [-0.39, 0.29) is 5.97 Å². The zero-order valence-corrected chi connectivity index (χ0v) is 28.0. The van der Waals surface area contributed by atoms with Gasteiger partial charge in [0.25, 0.3) is 0 Å². The molecule has 0 N–H and O–H groups in total. The number of carbonyl (C=O) groups is 1. The average molecular weight is 649 g/mol. The largest absolute Gasteiger partial charge is 0.494 e. The molecule has 0 fully saturated rings. The fourth-order valence-corrected chi connectivity index (χ4v) is 4.47. The highest BCUT2D eigenvalue weighted by Gasteiger charge is 2.02. The Morgan fingerprint density at radius 3 is 1.44 bits per heavy atom. The van der Waals surface area contributed by atoms with Crippen molar-refractivity contribution >= 4 is 40.1 Å². The molecular formula is C38H44N6O4. The van der Waals surface area contributed by atoms with Gasteiger partial charge in [0.1, 0.15) is 11.5 Å². The van der Waals surface area contributed by atoms with Crippen molar-refractivity contribution in [1.82, 2.24) is 0 Å². The highest BCUT2D eigenvalue weighted by molar-refractivity contribution is 5.65. The molecule has 0 bridgehead atoms. The molecule has 0 unspecified atom stereocenters. The fourth-order valence-electron chi connectivity index (χ4n) is 4.47. The van der Waals surface area contributed by atoms with Crippen LogP contribution in [0.4, 0.5) is 34.1 Å². The molecule has 0 spiro atoms. The molecule has 0 aromatic heterocycles. The number of aryl methyl sites for hydroxylation is 1. The van der Waals surface area contributed by atoms with Gasteiger partial charge in [-0.2, -0.15) is 30.7 Å². The number of hydrogen-bond acceptors (Lipinski definition) is 10. The van der Waals surface area contributed by atoms with Gasteiger partial charge in [-0.15, -0.1) is 0 Å². The van der Waals surface area contributed by atoms with Gasteiger partial charge in [0.05, 0.1) is 53.9 Å². The van der Waals surface area contributed by atoms with E-state index in [1.807, 2.05) is 97.9 Å². The summed E-state index contributed by atoms with van der Waals surface area (Å²) in [7, 11) is 0. The zero-order valence-electron chi connectivity index (χ0n) is 28.0. The molecule has 0 heterocycles. The number of ether oxygens (including phenoxy) is 3. The minimum Gasteiger partial charge on any atom is -0.494 e.